The van der Waals surface area contributed by atoms with Crippen molar-refractivity contribution in [3.8, 4) is 0 Å². The van der Waals surface area contributed by atoms with Gasteiger partial charge in [0.25, 0.3) is 0 Å². The van der Waals surface area contributed by atoms with Crippen molar-refractivity contribution in [2.75, 3.05) is 7.11 Å². The first-order chi connectivity index (χ1) is 6.06. The van der Waals surface area contributed by atoms with E-state index in [4.69, 9.17) is 15.3 Å². The number of methoxy groups -OCH3 is 1. The third-order valence-electron chi connectivity index (χ3n) is 1.75. The van der Waals surface area contributed by atoms with Gasteiger partial charge in [-0.2, -0.15) is 0 Å². The molecule has 0 heterocycles. The molecule has 1 rings (SSSR count). The molecule has 0 aromatic heterocycles. The zero-order valence-corrected chi connectivity index (χ0v) is 7.02. The van der Waals surface area contributed by atoms with Crippen LogP contribution in [-0.2, 0) is 9.53 Å². The van der Waals surface area contributed by atoms with Gasteiger partial charge < -0.3 is 20.1 Å². The normalized spacial score (nSPS) is 22.6. The van der Waals surface area contributed by atoms with Crippen LogP contribution in [0.2, 0.25) is 0 Å². The minimum absolute atomic E-state index is 0.0530. The second kappa shape index (κ2) is 3.49. The number of hydrogen-bond acceptors (Lipinski definition) is 5. The molecule has 0 fully saturated rings. The molecule has 0 saturated carbocycles. The number of allylic oxidation sites excluding steroid dienone is 1. The largest absolute Gasteiger partial charge is 0.506 e. The minimum Gasteiger partial charge on any atom is -0.506 e. The monoisotopic (exact) mass is 186 g/mol. The Bertz CT molecular complexity index is 289. The van der Waals surface area contributed by atoms with Crippen molar-refractivity contribution >= 4 is 5.97 Å². The van der Waals surface area contributed by atoms with Crippen LogP contribution in [0, 0.1) is 0 Å². The highest BCUT2D eigenvalue weighted by Crippen LogP contribution is 2.21. The zero-order valence-electron chi connectivity index (χ0n) is 7.02. The van der Waals surface area contributed by atoms with E-state index in [9.17, 15) is 4.79 Å². The predicted molar refractivity (Wildman–Crippen MR) is 43.0 cm³/mol. The van der Waals surface area contributed by atoms with E-state index >= 15 is 0 Å². The number of ether oxygens (including phenoxy) is 1. The molecular weight excluding hydrogens is 176 g/mol. The predicted octanol–water partition coefficient (Wildman–Crippen LogP) is 0.178. The van der Waals surface area contributed by atoms with Crippen LogP contribution in [0.25, 0.3) is 0 Å². The van der Waals surface area contributed by atoms with Gasteiger partial charge in [-0.1, -0.05) is 0 Å². The summed E-state index contributed by atoms with van der Waals surface area (Å²) in [7, 11) is 1.20. The van der Waals surface area contributed by atoms with Gasteiger partial charge in [0.1, 0.15) is 6.10 Å². The van der Waals surface area contributed by atoms with Crippen LogP contribution in [0.15, 0.2) is 23.2 Å². The average Bonchev–Trinajstić information content (AvgIpc) is 2.12. The van der Waals surface area contributed by atoms with E-state index in [1.807, 2.05) is 0 Å². The molecule has 5 heteroatoms. The summed E-state index contributed by atoms with van der Waals surface area (Å²) in [5, 5.41) is 27.2. The fraction of sp³-hybridized carbons (Fsp3) is 0.375. The van der Waals surface area contributed by atoms with Crippen LogP contribution in [-0.4, -0.2) is 34.5 Å². The van der Waals surface area contributed by atoms with Crippen LogP contribution < -0.4 is 0 Å². The summed E-state index contributed by atoms with van der Waals surface area (Å²) < 4.78 is 4.39. The summed E-state index contributed by atoms with van der Waals surface area (Å²) >= 11 is 0. The number of aliphatic hydroxyl groups excluding tert-OH is 3. The Hall–Kier alpha value is -1.49. The number of esters is 1. The van der Waals surface area contributed by atoms with Crippen molar-refractivity contribution in [1.29, 1.82) is 0 Å². The Kier molecular flexibility index (Phi) is 2.57. The average molecular weight is 186 g/mol. The topological polar surface area (TPSA) is 87.0 Å². The van der Waals surface area contributed by atoms with E-state index in [1.54, 1.807) is 0 Å². The quantitative estimate of drug-likeness (QED) is 0.508. The van der Waals surface area contributed by atoms with Crippen molar-refractivity contribution in [3.05, 3.63) is 23.2 Å². The highest BCUT2D eigenvalue weighted by Gasteiger charge is 2.25. The molecule has 1 atom stereocenters. The van der Waals surface area contributed by atoms with Gasteiger partial charge in [-0.25, -0.2) is 4.79 Å². The summed E-state index contributed by atoms with van der Waals surface area (Å²) in [5.74, 6) is -1.65. The fourth-order valence-electron chi connectivity index (χ4n) is 1.05. The lowest BCUT2D eigenvalue weighted by atomic mass is 10.0. The van der Waals surface area contributed by atoms with E-state index in [-0.39, 0.29) is 12.0 Å². The molecule has 5 nitrogen and oxygen atoms in total. The molecule has 0 aromatic carbocycles. The number of carbonyl (C=O) groups is 1. The Morgan fingerprint density at radius 1 is 1.62 bits per heavy atom. The molecule has 0 radical (unpaired) electrons. The van der Waals surface area contributed by atoms with Gasteiger partial charge in [0, 0.05) is 12.0 Å². The van der Waals surface area contributed by atoms with Crippen LogP contribution in [0.4, 0.5) is 0 Å². The number of carbonyl (C=O) groups excluding carboxylic acids is 1. The molecule has 0 amide bonds. The van der Waals surface area contributed by atoms with E-state index in [2.05, 4.69) is 4.74 Å². The van der Waals surface area contributed by atoms with Crippen molar-refractivity contribution < 1.29 is 24.9 Å². The molecule has 0 bridgehead atoms. The summed E-state index contributed by atoms with van der Waals surface area (Å²) in [5.41, 5.74) is 0.130. The van der Waals surface area contributed by atoms with E-state index in [1.165, 1.54) is 7.11 Å². The Morgan fingerprint density at radius 2 is 2.23 bits per heavy atom. The van der Waals surface area contributed by atoms with Gasteiger partial charge >= 0.3 is 5.97 Å². The van der Waals surface area contributed by atoms with Gasteiger partial charge in [-0.15, -0.1) is 0 Å². The Balaban J connectivity index is 2.93. The zero-order chi connectivity index (χ0) is 10.0. The van der Waals surface area contributed by atoms with Crippen molar-refractivity contribution in [2.24, 2.45) is 0 Å². The standard InChI is InChI=1S/C8H10O5/c1-13-8(12)4-2-5(9)7(11)6(10)3-4/h2,6,9-11H,3H2,1H3. The first kappa shape index (κ1) is 9.60. The second-order valence-corrected chi connectivity index (χ2v) is 2.65. The molecule has 0 spiro atoms. The van der Waals surface area contributed by atoms with Gasteiger partial charge in [0.05, 0.1) is 7.11 Å². The lowest BCUT2D eigenvalue weighted by molar-refractivity contribution is -0.136. The first-order valence-electron chi connectivity index (χ1n) is 3.65. The molecule has 0 saturated heterocycles. The Labute approximate surface area is 74.6 Å². The molecule has 72 valence electrons. The molecule has 1 unspecified atom stereocenters. The number of aliphatic hydroxyl groups is 3. The maximum absolute atomic E-state index is 10.9. The third kappa shape index (κ3) is 1.81. The van der Waals surface area contributed by atoms with Crippen molar-refractivity contribution in [3.63, 3.8) is 0 Å². The molecule has 3 N–H and O–H groups in total. The second-order valence-electron chi connectivity index (χ2n) is 2.65. The van der Waals surface area contributed by atoms with E-state index < -0.39 is 23.6 Å². The SMILES string of the molecule is COC(=O)C1=CC(O)=C(O)C(O)C1. The van der Waals surface area contributed by atoms with Gasteiger partial charge in [0.2, 0.25) is 0 Å². The molecule has 1 aliphatic rings. The third-order valence-corrected chi connectivity index (χ3v) is 1.75. The summed E-state index contributed by atoms with van der Waals surface area (Å²) in [6.45, 7) is 0. The van der Waals surface area contributed by atoms with Crippen molar-refractivity contribution in [2.45, 2.75) is 12.5 Å². The lowest BCUT2D eigenvalue weighted by Crippen LogP contribution is -2.21. The summed E-state index contributed by atoms with van der Waals surface area (Å²) in [6.07, 6.45) is -0.213. The van der Waals surface area contributed by atoms with Gasteiger partial charge in [-0.3, -0.25) is 0 Å². The Morgan fingerprint density at radius 3 is 2.69 bits per heavy atom. The number of hydrogen-bond donors (Lipinski definition) is 3. The molecule has 13 heavy (non-hydrogen) atoms. The smallest absolute Gasteiger partial charge is 0.333 e. The minimum atomic E-state index is -1.24. The molecule has 0 aliphatic heterocycles. The fourth-order valence-corrected chi connectivity index (χ4v) is 1.05. The molecular formula is C8H10O5. The first-order valence-corrected chi connectivity index (χ1v) is 3.65. The van der Waals surface area contributed by atoms with Crippen LogP contribution in [0.5, 0.6) is 0 Å². The van der Waals surface area contributed by atoms with Crippen LogP contribution in [0.1, 0.15) is 6.42 Å². The highest BCUT2D eigenvalue weighted by atomic mass is 16.5. The summed E-state index contributed by atoms with van der Waals surface area (Å²) in [6, 6.07) is 0. The maximum atomic E-state index is 10.9. The van der Waals surface area contributed by atoms with Gasteiger partial charge in [-0.05, 0) is 6.08 Å². The van der Waals surface area contributed by atoms with Crippen LogP contribution in [0.3, 0.4) is 0 Å². The van der Waals surface area contributed by atoms with Crippen molar-refractivity contribution in [1.82, 2.24) is 0 Å². The molecule has 1 aliphatic carbocycles. The molecule has 0 aromatic rings. The maximum Gasteiger partial charge on any atom is 0.333 e. The lowest BCUT2D eigenvalue weighted by Gasteiger charge is -2.16. The van der Waals surface area contributed by atoms with E-state index in [0.29, 0.717) is 0 Å². The van der Waals surface area contributed by atoms with Gasteiger partial charge in [0.15, 0.2) is 11.5 Å². The van der Waals surface area contributed by atoms with E-state index in [0.717, 1.165) is 6.08 Å². The summed E-state index contributed by atoms with van der Waals surface area (Å²) in [4.78, 5) is 10.9. The van der Waals surface area contributed by atoms with Crippen LogP contribution >= 0.6 is 0 Å². The highest BCUT2D eigenvalue weighted by molar-refractivity contribution is 5.89. The number of rotatable bonds is 1.